The highest BCUT2D eigenvalue weighted by Crippen LogP contribution is 2.40. The fourth-order valence-corrected chi connectivity index (χ4v) is 4.38. The minimum atomic E-state index is -0.340. The molecular weight excluding hydrogens is 472 g/mol. The Labute approximate surface area is 217 Å². The summed E-state index contributed by atoms with van der Waals surface area (Å²) in [5, 5.41) is 17.1. The Kier molecular flexibility index (Phi) is 7.54. The molecular formula is C28H34N4O5. The number of amides is 1. The lowest BCUT2D eigenvalue weighted by Crippen LogP contribution is -2.30. The SMILES string of the molecule is COc1ccc(OC)c(-c2cc(C3=Nc4c(C(C)(C)C)nn(CCCO)c4C(=O)NC3)ccc2OC)c1. The number of aliphatic hydroxyl groups is 1. The number of methoxy groups -OCH3 is 3. The predicted octanol–water partition coefficient (Wildman–Crippen LogP) is 4.12. The highest BCUT2D eigenvalue weighted by molar-refractivity contribution is 6.11. The van der Waals surface area contributed by atoms with Gasteiger partial charge in [0.25, 0.3) is 5.91 Å². The molecule has 0 radical (unpaired) electrons. The number of hydrogen-bond donors (Lipinski definition) is 2. The molecule has 1 aliphatic rings. The van der Waals surface area contributed by atoms with E-state index in [0.717, 1.165) is 22.4 Å². The van der Waals surface area contributed by atoms with Crippen LogP contribution in [0.4, 0.5) is 5.69 Å². The largest absolute Gasteiger partial charge is 0.497 e. The van der Waals surface area contributed by atoms with Gasteiger partial charge < -0.3 is 24.6 Å². The van der Waals surface area contributed by atoms with Crippen LogP contribution in [0.25, 0.3) is 11.1 Å². The van der Waals surface area contributed by atoms with E-state index in [1.54, 1.807) is 26.0 Å². The number of ether oxygens (including phenoxy) is 3. The highest BCUT2D eigenvalue weighted by Gasteiger charge is 2.32. The summed E-state index contributed by atoms with van der Waals surface area (Å²) in [4.78, 5) is 18.2. The van der Waals surface area contributed by atoms with Gasteiger partial charge in [-0.1, -0.05) is 20.8 Å². The number of rotatable bonds is 8. The second-order valence-electron chi connectivity index (χ2n) is 9.82. The maximum Gasteiger partial charge on any atom is 0.272 e. The van der Waals surface area contributed by atoms with Gasteiger partial charge in [0, 0.05) is 29.7 Å². The number of aliphatic imine (C=N–C) groups is 1. The average molecular weight is 507 g/mol. The van der Waals surface area contributed by atoms with Crippen LogP contribution in [0.5, 0.6) is 17.2 Å². The zero-order valence-electron chi connectivity index (χ0n) is 22.2. The number of aromatic nitrogens is 2. The quantitative estimate of drug-likeness (QED) is 0.476. The molecule has 0 aliphatic carbocycles. The topological polar surface area (TPSA) is 107 Å². The predicted molar refractivity (Wildman–Crippen MR) is 143 cm³/mol. The number of benzene rings is 2. The van der Waals surface area contributed by atoms with Gasteiger partial charge in [0.05, 0.1) is 39.3 Å². The highest BCUT2D eigenvalue weighted by atomic mass is 16.5. The van der Waals surface area contributed by atoms with Crippen LogP contribution in [0.3, 0.4) is 0 Å². The molecule has 0 saturated carbocycles. The summed E-state index contributed by atoms with van der Waals surface area (Å²) in [5.74, 6) is 1.80. The van der Waals surface area contributed by atoms with Gasteiger partial charge >= 0.3 is 0 Å². The van der Waals surface area contributed by atoms with Crippen molar-refractivity contribution in [3.63, 3.8) is 0 Å². The standard InChI is InChI=1S/C28H34N4O5/c1-28(2,3)26-24-25(32(31-26)12-7-13-33)27(34)29-16-21(30-24)17-8-10-22(36-5)19(14-17)20-15-18(35-4)9-11-23(20)37-6/h8-11,14-15,33H,7,12-13,16H2,1-6H3,(H,29,34). The molecule has 2 aromatic carbocycles. The second-order valence-corrected chi connectivity index (χ2v) is 9.82. The smallest absolute Gasteiger partial charge is 0.272 e. The average Bonchev–Trinajstić information content (AvgIpc) is 3.18. The molecule has 9 nitrogen and oxygen atoms in total. The van der Waals surface area contributed by atoms with E-state index in [0.29, 0.717) is 47.3 Å². The summed E-state index contributed by atoms with van der Waals surface area (Å²) in [7, 11) is 4.86. The van der Waals surface area contributed by atoms with Crippen molar-refractivity contribution >= 4 is 17.3 Å². The molecule has 0 saturated heterocycles. The molecule has 37 heavy (non-hydrogen) atoms. The minimum absolute atomic E-state index is 0.0119. The normalized spacial score (nSPS) is 13.4. The number of aryl methyl sites for hydroxylation is 1. The van der Waals surface area contributed by atoms with E-state index < -0.39 is 0 Å². The van der Waals surface area contributed by atoms with Crippen LogP contribution in [0, 0.1) is 0 Å². The number of nitrogens with one attached hydrogen (secondary N) is 1. The maximum atomic E-state index is 13.2. The van der Waals surface area contributed by atoms with E-state index in [2.05, 4.69) is 5.32 Å². The van der Waals surface area contributed by atoms with Crippen molar-refractivity contribution < 1.29 is 24.1 Å². The molecule has 9 heteroatoms. The fourth-order valence-electron chi connectivity index (χ4n) is 4.38. The van der Waals surface area contributed by atoms with E-state index >= 15 is 0 Å². The Morgan fingerprint density at radius 2 is 1.68 bits per heavy atom. The lowest BCUT2D eigenvalue weighted by Gasteiger charge is -2.17. The summed E-state index contributed by atoms with van der Waals surface area (Å²) in [6.07, 6.45) is 0.492. The summed E-state index contributed by atoms with van der Waals surface area (Å²) < 4.78 is 18.4. The first-order valence-electron chi connectivity index (χ1n) is 12.2. The van der Waals surface area contributed by atoms with Crippen molar-refractivity contribution in [1.29, 1.82) is 0 Å². The van der Waals surface area contributed by atoms with Gasteiger partial charge in [0.1, 0.15) is 22.9 Å². The lowest BCUT2D eigenvalue weighted by atomic mass is 9.91. The molecule has 1 amide bonds. The van der Waals surface area contributed by atoms with Crippen LogP contribution in [0.15, 0.2) is 41.4 Å². The maximum absolute atomic E-state index is 13.2. The van der Waals surface area contributed by atoms with Crippen LogP contribution < -0.4 is 19.5 Å². The van der Waals surface area contributed by atoms with Crippen LogP contribution in [-0.4, -0.2) is 61.0 Å². The van der Waals surface area contributed by atoms with Crippen molar-refractivity contribution in [1.82, 2.24) is 15.1 Å². The van der Waals surface area contributed by atoms with Crippen LogP contribution >= 0.6 is 0 Å². The Morgan fingerprint density at radius 1 is 1.00 bits per heavy atom. The van der Waals surface area contributed by atoms with Crippen molar-refractivity contribution in [2.24, 2.45) is 4.99 Å². The summed E-state index contributed by atoms with van der Waals surface area (Å²) in [6, 6.07) is 11.4. The van der Waals surface area contributed by atoms with E-state index in [1.165, 1.54) is 0 Å². The second kappa shape index (κ2) is 10.6. The molecule has 0 bridgehead atoms. The van der Waals surface area contributed by atoms with Gasteiger partial charge in [0.15, 0.2) is 5.69 Å². The molecule has 196 valence electrons. The van der Waals surface area contributed by atoms with Crippen LogP contribution in [0.1, 0.15) is 48.9 Å². The van der Waals surface area contributed by atoms with E-state index in [1.807, 2.05) is 57.2 Å². The third kappa shape index (κ3) is 5.17. The van der Waals surface area contributed by atoms with Crippen LogP contribution in [0.2, 0.25) is 0 Å². The number of carbonyl (C=O) groups excluding carboxylic acids is 1. The number of hydrogen-bond acceptors (Lipinski definition) is 7. The molecule has 1 aliphatic heterocycles. The first kappa shape index (κ1) is 26.2. The lowest BCUT2D eigenvalue weighted by molar-refractivity contribution is 0.0949. The Morgan fingerprint density at radius 3 is 2.30 bits per heavy atom. The molecule has 0 fully saturated rings. The first-order chi connectivity index (χ1) is 17.7. The number of aliphatic hydroxyl groups excluding tert-OH is 1. The molecule has 4 rings (SSSR count). The van der Waals surface area contributed by atoms with E-state index in [9.17, 15) is 9.90 Å². The molecule has 0 unspecified atom stereocenters. The molecule has 0 atom stereocenters. The van der Waals surface area contributed by atoms with E-state index in [-0.39, 0.29) is 24.5 Å². The van der Waals surface area contributed by atoms with Gasteiger partial charge in [-0.15, -0.1) is 0 Å². The summed E-state index contributed by atoms with van der Waals surface area (Å²) >= 11 is 0. The van der Waals surface area contributed by atoms with Crippen molar-refractivity contribution in [3.8, 4) is 28.4 Å². The van der Waals surface area contributed by atoms with Crippen molar-refractivity contribution in [2.75, 3.05) is 34.5 Å². The minimum Gasteiger partial charge on any atom is -0.497 e. The Bertz CT molecular complexity index is 1340. The molecule has 2 N–H and O–H groups in total. The van der Waals surface area contributed by atoms with Gasteiger partial charge in [-0.2, -0.15) is 5.10 Å². The van der Waals surface area contributed by atoms with Gasteiger partial charge in [0.2, 0.25) is 0 Å². The Hall–Kier alpha value is -3.85. The first-order valence-corrected chi connectivity index (χ1v) is 12.2. The van der Waals surface area contributed by atoms with E-state index in [4.69, 9.17) is 24.3 Å². The van der Waals surface area contributed by atoms with Crippen molar-refractivity contribution in [2.45, 2.75) is 39.2 Å². The third-order valence-corrected chi connectivity index (χ3v) is 6.27. The van der Waals surface area contributed by atoms with Crippen molar-refractivity contribution in [3.05, 3.63) is 53.3 Å². The molecule has 2 heterocycles. The van der Waals surface area contributed by atoms with Gasteiger partial charge in [-0.25, -0.2) is 4.99 Å². The number of nitrogens with zero attached hydrogens (tertiary/aromatic N) is 3. The number of carbonyl (C=O) groups is 1. The molecule has 1 aromatic heterocycles. The van der Waals surface area contributed by atoms with Gasteiger partial charge in [-0.05, 0) is 48.4 Å². The Balaban J connectivity index is 1.89. The molecule has 3 aromatic rings. The zero-order valence-corrected chi connectivity index (χ0v) is 22.2. The summed E-state index contributed by atoms with van der Waals surface area (Å²) in [6.45, 7) is 6.82. The number of fused-ring (bicyclic) bond motifs is 1. The third-order valence-electron chi connectivity index (χ3n) is 6.27. The zero-order chi connectivity index (χ0) is 26.7. The monoisotopic (exact) mass is 506 g/mol. The van der Waals surface area contributed by atoms with Crippen LogP contribution in [-0.2, 0) is 12.0 Å². The summed E-state index contributed by atoms with van der Waals surface area (Å²) in [5.41, 5.74) is 4.52. The molecule has 0 spiro atoms. The van der Waals surface area contributed by atoms with Gasteiger partial charge in [-0.3, -0.25) is 9.48 Å². The fraction of sp³-hybridized carbons (Fsp3) is 0.393.